The maximum absolute atomic E-state index is 4.93. The molecule has 0 unspecified atom stereocenters. The number of hydrogen-bond donors (Lipinski definition) is 2. The maximum Gasteiger partial charge on any atom is 0.172 e. The molecule has 0 bridgehead atoms. The van der Waals surface area contributed by atoms with E-state index < -0.39 is 0 Å². The molecule has 4 nitrogen and oxygen atoms in total. The van der Waals surface area contributed by atoms with Crippen molar-refractivity contribution in [2.75, 3.05) is 10.9 Å². The molecule has 3 aromatic carbocycles. The Labute approximate surface area is 174 Å². The van der Waals surface area contributed by atoms with Crippen molar-refractivity contribution in [2.24, 2.45) is 0 Å². The Morgan fingerprint density at radius 2 is 1.54 bits per heavy atom. The Bertz CT molecular complexity index is 1280. The van der Waals surface area contributed by atoms with Crippen LogP contribution in [-0.4, -0.2) is 9.97 Å². The minimum atomic E-state index is 0.699. The number of nitrogens with zero attached hydrogens (tertiary/aromatic N) is 2. The van der Waals surface area contributed by atoms with Crippen molar-refractivity contribution in [1.29, 1.82) is 0 Å². The molecule has 5 rings (SSSR count). The van der Waals surface area contributed by atoms with Crippen molar-refractivity contribution in [2.45, 2.75) is 0 Å². The van der Waals surface area contributed by atoms with Gasteiger partial charge in [-0.25, -0.2) is 9.97 Å². The zero-order valence-corrected chi connectivity index (χ0v) is 17.1. The summed E-state index contributed by atoms with van der Waals surface area (Å²) in [7, 11) is 0. The highest BCUT2D eigenvalue weighted by Crippen LogP contribution is 2.32. The third-order valence-corrected chi connectivity index (χ3v) is 5.81. The van der Waals surface area contributed by atoms with Crippen molar-refractivity contribution >= 4 is 60.6 Å². The summed E-state index contributed by atoms with van der Waals surface area (Å²) in [6.45, 7) is 0. The molecule has 0 amide bonds. The van der Waals surface area contributed by atoms with Crippen LogP contribution in [0.2, 0.25) is 0 Å². The van der Waals surface area contributed by atoms with E-state index in [0.717, 1.165) is 42.5 Å². The largest absolute Gasteiger partial charge is 0.300 e. The second-order valence-corrected chi connectivity index (χ2v) is 8.21. The molecule has 0 radical (unpaired) electrons. The van der Waals surface area contributed by atoms with Gasteiger partial charge >= 0.3 is 0 Å². The quantitative estimate of drug-likeness (QED) is 0.237. The molecule has 0 aliphatic heterocycles. The Kier molecular flexibility index (Phi) is 4.43. The first-order valence-corrected chi connectivity index (χ1v) is 10.5. The van der Waals surface area contributed by atoms with E-state index in [1.54, 1.807) is 11.3 Å². The van der Waals surface area contributed by atoms with E-state index in [1.807, 2.05) is 47.8 Å². The zero-order chi connectivity index (χ0) is 18.9. The van der Waals surface area contributed by atoms with E-state index in [4.69, 9.17) is 9.97 Å². The van der Waals surface area contributed by atoms with Gasteiger partial charge in [-0.1, -0.05) is 52.3 Å². The lowest BCUT2D eigenvalue weighted by Gasteiger charge is -2.13. The fourth-order valence-corrected chi connectivity index (χ4v) is 4.23. The molecule has 2 aromatic heterocycles. The van der Waals surface area contributed by atoms with E-state index in [-0.39, 0.29) is 0 Å². The van der Waals surface area contributed by atoms with Gasteiger partial charge in [0.15, 0.2) is 5.82 Å². The lowest BCUT2D eigenvalue weighted by molar-refractivity contribution is 1.26. The molecule has 0 atom stereocenters. The molecule has 136 valence electrons. The van der Waals surface area contributed by atoms with Gasteiger partial charge in [0.2, 0.25) is 0 Å². The van der Waals surface area contributed by atoms with E-state index in [1.165, 1.54) is 0 Å². The average molecular weight is 447 g/mol. The van der Waals surface area contributed by atoms with Gasteiger partial charge in [0, 0.05) is 4.47 Å². The van der Waals surface area contributed by atoms with Crippen LogP contribution in [0.1, 0.15) is 0 Å². The second kappa shape index (κ2) is 7.22. The van der Waals surface area contributed by atoms with Gasteiger partial charge in [0.1, 0.15) is 5.69 Å². The normalized spacial score (nSPS) is 11.0. The summed E-state index contributed by atoms with van der Waals surface area (Å²) in [5.41, 5.74) is 9.99. The Hall–Kier alpha value is -2.96. The molecular formula is C22H15BrN4S. The number of anilines is 2. The molecule has 2 N–H and O–H groups in total. The van der Waals surface area contributed by atoms with Gasteiger partial charge in [0.25, 0.3) is 0 Å². The van der Waals surface area contributed by atoms with Crippen LogP contribution in [-0.2, 0) is 0 Å². The SMILES string of the molecule is Brc1cccc(NNc2nc3cc4ccccc4cc3nc2-c2cccs2)c1. The summed E-state index contributed by atoms with van der Waals surface area (Å²) >= 11 is 5.14. The smallest absolute Gasteiger partial charge is 0.172 e. The topological polar surface area (TPSA) is 49.8 Å². The van der Waals surface area contributed by atoms with Gasteiger partial charge in [-0.2, -0.15) is 0 Å². The van der Waals surface area contributed by atoms with Gasteiger partial charge < -0.3 is 0 Å². The highest BCUT2D eigenvalue weighted by atomic mass is 79.9. The van der Waals surface area contributed by atoms with Crippen LogP contribution in [0.15, 0.2) is 82.6 Å². The third-order valence-electron chi connectivity index (χ3n) is 4.44. The summed E-state index contributed by atoms with van der Waals surface area (Å²) in [5.74, 6) is 0.699. The molecule has 0 fully saturated rings. The molecule has 28 heavy (non-hydrogen) atoms. The van der Waals surface area contributed by atoms with Crippen LogP contribution in [0.25, 0.3) is 32.4 Å². The number of benzene rings is 3. The predicted octanol–water partition coefficient (Wildman–Crippen LogP) is 6.71. The van der Waals surface area contributed by atoms with Gasteiger partial charge in [-0.15, -0.1) is 11.3 Å². The first kappa shape index (κ1) is 17.2. The first-order chi connectivity index (χ1) is 13.8. The Morgan fingerprint density at radius 3 is 2.25 bits per heavy atom. The second-order valence-electron chi connectivity index (χ2n) is 6.35. The van der Waals surface area contributed by atoms with Crippen LogP contribution in [0, 0.1) is 0 Å². The van der Waals surface area contributed by atoms with Crippen LogP contribution < -0.4 is 10.9 Å². The van der Waals surface area contributed by atoms with Crippen LogP contribution in [0.4, 0.5) is 11.5 Å². The Balaban J connectivity index is 1.62. The Morgan fingerprint density at radius 1 is 0.750 bits per heavy atom. The van der Waals surface area contributed by atoms with Crippen molar-refractivity contribution in [1.82, 2.24) is 9.97 Å². The highest BCUT2D eigenvalue weighted by Gasteiger charge is 2.13. The third kappa shape index (κ3) is 3.32. The number of aromatic nitrogens is 2. The van der Waals surface area contributed by atoms with Crippen LogP contribution in [0.3, 0.4) is 0 Å². The summed E-state index contributed by atoms with van der Waals surface area (Å²) in [6.07, 6.45) is 0. The molecule has 0 aliphatic rings. The lowest BCUT2D eigenvalue weighted by atomic mass is 10.1. The summed E-state index contributed by atoms with van der Waals surface area (Å²) < 4.78 is 1.01. The van der Waals surface area contributed by atoms with E-state index in [9.17, 15) is 0 Å². The number of rotatable bonds is 4. The van der Waals surface area contributed by atoms with Gasteiger partial charge in [0.05, 0.1) is 21.6 Å². The molecule has 0 spiro atoms. The number of hydrazine groups is 1. The number of nitrogens with one attached hydrogen (secondary N) is 2. The monoisotopic (exact) mass is 446 g/mol. The highest BCUT2D eigenvalue weighted by molar-refractivity contribution is 9.10. The summed E-state index contributed by atoms with van der Waals surface area (Å²) in [5, 5.41) is 4.36. The predicted molar refractivity (Wildman–Crippen MR) is 122 cm³/mol. The summed E-state index contributed by atoms with van der Waals surface area (Å²) in [6, 6.07) is 24.5. The molecule has 2 heterocycles. The number of fused-ring (bicyclic) bond motifs is 2. The van der Waals surface area contributed by atoms with E-state index >= 15 is 0 Å². The maximum atomic E-state index is 4.93. The fourth-order valence-electron chi connectivity index (χ4n) is 3.11. The van der Waals surface area contributed by atoms with Crippen molar-refractivity contribution in [3.8, 4) is 10.6 Å². The number of halogens is 1. The average Bonchev–Trinajstić information content (AvgIpc) is 3.25. The first-order valence-electron chi connectivity index (χ1n) is 8.78. The molecular weight excluding hydrogens is 432 g/mol. The molecule has 0 saturated heterocycles. The standard InChI is InChI=1S/C22H15BrN4S/c23-16-7-3-8-17(13-16)26-27-22-21(20-9-4-10-28-20)24-18-11-14-5-1-2-6-15(14)12-19(18)25-22/h1-13,26H,(H,25,27). The zero-order valence-electron chi connectivity index (χ0n) is 14.7. The van der Waals surface area contributed by atoms with Gasteiger partial charge in [-0.3, -0.25) is 10.9 Å². The molecule has 0 saturated carbocycles. The van der Waals surface area contributed by atoms with Crippen LogP contribution in [0.5, 0.6) is 0 Å². The van der Waals surface area contributed by atoms with Crippen LogP contribution >= 0.6 is 27.3 Å². The van der Waals surface area contributed by atoms with Crippen molar-refractivity contribution in [3.63, 3.8) is 0 Å². The molecule has 6 heteroatoms. The summed E-state index contributed by atoms with van der Waals surface area (Å²) in [4.78, 5) is 10.9. The van der Waals surface area contributed by atoms with E-state index in [0.29, 0.717) is 5.82 Å². The minimum Gasteiger partial charge on any atom is -0.300 e. The van der Waals surface area contributed by atoms with Crippen molar-refractivity contribution < 1.29 is 0 Å². The van der Waals surface area contributed by atoms with E-state index in [2.05, 4.69) is 57.1 Å². The fraction of sp³-hybridized carbons (Fsp3) is 0. The molecule has 5 aromatic rings. The number of hydrogen-bond acceptors (Lipinski definition) is 5. The minimum absolute atomic E-state index is 0.699. The molecule has 0 aliphatic carbocycles. The van der Waals surface area contributed by atoms with Crippen molar-refractivity contribution in [3.05, 3.63) is 82.6 Å². The lowest BCUT2D eigenvalue weighted by Crippen LogP contribution is -2.12. The van der Waals surface area contributed by atoms with Gasteiger partial charge in [-0.05, 0) is 52.6 Å². The number of thiophene rings is 1.